The lowest BCUT2D eigenvalue weighted by atomic mass is 10.2. The number of rotatable bonds is 5. The first-order valence-corrected chi connectivity index (χ1v) is 6.05. The number of aliphatic hydroxyl groups excluding tert-OH is 1. The molecular formula is C10H17N3O2S. The molecule has 4 N–H and O–H groups in total. The van der Waals surface area contributed by atoms with Crippen molar-refractivity contribution in [2.75, 3.05) is 12.3 Å². The number of nitrogens with zero attached hydrogens (tertiary/aromatic N) is 1. The molecule has 0 saturated carbocycles. The molecule has 1 atom stereocenters. The largest absolute Gasteiger partial charge is 0.393 e. The predicted octanol–water partition coefficient (Wildman–Crippen LogP) is 0.925. The van der Waals surface area contributed by atoms with Gasteiger partial charge in [0.15, 0.2) is 5.13 Å². The molecule has 0 aliphatic heterocycles. The number of nitrogens with two attached hydrogens (primary N) is 1. The quantitative estimate of drug-likeness (QED) is 0.717. The number of nitrogens with one attached hydrogen (secondary N) is 1. The van der Waals surface area contributed by atoms with Gasteiger partial charge in [0.05, 0.1) is 11.8 Å². The summed E-state index contributed by atoms with van der Waals surface area (Å²) < 4.78 is 0. The van der Waals surface area contributed by atoms with E-state index in [9.17, 15) is 9.90 Å². The van der Waals surface area contributed by atoms with Gasteiger partial charge >= 0.3 is 0 Å². The van der Waals surface area contributed by atoms with E-state index in [0.717, 1.165) is 0 Å². The van der Waals surface area contributed by atoms with E-state index in [0.29, 0.717) is 35.1 Å². The lowest BCUT2D eigenvalue weighted by molar-refractivity contribution is 0.0945. The number of aromatic nitrogens is 1. The Morgan fingerprint density at radius 1 is 1.69 bits per heavy atom. The highest BCUT2D eigenvalue weighted by molar-refractivity contribution is 7.17. The zero-order chi connectivity index (χ0) is 12.1. The summed E-state index contributed by atoms with van der Waals surface area (Å²) in [4.78, 5) is 16.2. The Labute approximate surface area is 98.7 Å². The van der Waals surface area contributed by atoms with Crippen LogP contribution in [0, 0.1) is 6.92 Å². The summed E-state index contributed by atoms with van der Waals surface area (Å²) in [6, 6.07) is 0. The smallest absolute Gasteiger partial charge is 0.263 e. The van der Waals surface area contributed by atoms with Crippen LogP contribution in [-0.4, -0.2) is 28.6 Å². The Bertz CT molecular complexity index is 365. The van der Waals surface area contributed by atoms with Crippen molar-refractivity contribution >= 4 is 22.4 Å². The number of anilines is 1. The van der Waals surface area contributed by atoms with Gasteiger partial charge in [0, 0.05) is 6.54 Å². The normalized spacial score (nSPS) is 12.4. The molecule has 0 aliphatic rings. The van der Waals surface area contributed by atoms with Gasteiger partial charge in [-0.05, 0) is 19.8 Å². The number of aryl methyl sites for hydroxylation is 1. The van der Waals surface area contributed by atoms with Gasteiger partial charge in [-0.15, -0.1) is 0 Å². The fourth-order valence-corrected chi connectivity index (χ4v) is 2.01. The van der Waals surface area contributed by atoms with E-state index >= 15 is 0 Å². The molecule has 1 aromatic rings. The minimum atomic E-state index is -0.354. The van der Waals surface area contributed by atoms with Crippen LogP contribution in [0.25, 0.3) is 0 Å². The topological polar surface area (TPSA) is 88.2 Å². The second-order valence-electron chi connectivity index (χ2n) is 3.57. The number of amides is 1. The lowest BCUT2D eigenvalue weighted by Crippen LogP contribution is -2.26. The third-order valence-corrected chi connectivity index (χ3v) is 3.24. The van der Waals surface area contributed by atoms with Gasteiger partial charge in [0.2, 0.25) is 0 Å². The minimum Gasteiger partial charge on any atom is -0.393 e. The molecule has 90 valence electrons. The highest BCUT2D eigenvalue weighted by Crippen LogP contribution is 2.19. The molecule has 1 rings (SSSR count). The Balaban J connectivity index is 2.44. The van der Waals surface area contributed by atoms with Crippen LogP contribution in [0.3, 0.4) is 0 Å². The lowest BCUT2D eigenvalue weighted by Gasteiger charge is -2.08. The van der Waals surface area contributed by atoms with Crippen LogP contribution >= 0.6 is 11.3 Å². The predicted molar refractivity (Wildman–Crippen MR) is 64.5 cm³/mol. The molecule has 1 amide bonds. The van der Waals surface area contributed by atoms with E-state index in [4.69, 9.17) is 5.73 Å². The summed E-state index contributed by atoms with van der Waals surface area (Å²) in [5.41, 5.74) is 6.15. The number of thiazole rings is 1. The molecule has 5 nitrogen and oxygen atoms in total. The maximum Gasteiger partial charge on any atom is 0.263 e. The minimum absolute atomic E-state index is 0.171. The summed E-state index contributed by atoms with van der Waals surface area (Å²) in [6.07, 6.45) is 0.908. The van der Waals surface area contributed by atoms with E-state index in [-0.39, 0.29) is 12.0 Å². The number of aliphatic hydroxyl groups is 1. The van der Waals surface area contributed by atoms with Crippen LogP contribution in [0.4, 0.5) is 5.13 Å². The van der Waals surface area contributed by atoms with E-state index in [1.807, 2.05) is 6.92 Å². The van der Waals surface area contributed by atoms with Gasteiger partial charge in [-0.25, -0.2) is 4.98 Å². The van der Waals surface area contributed by atoms with Crippen LogP contribution in [0.15, 0.2) is 0 Å². The summed E-state index contributed by atoms with van der Waals surface area (Å²) >= 11 is 1.18. The number of hydrogen-bond acceptors (Lipinski definition) is 5. The van der Waals surface area contributed by atoms with Crippen molar-refractivity contribution in [3.63, 3.8) is 0 Å². The second-order valence-corrected chi connectivity index (χ2v) is 4.60. The molecule has 6 heteroatoms. The molecule has 0 saturated heterocycles. The molecule has 0 radical (unpaired) electrons. The number of carbonyl (C=O) groups excluding carboxylic acids is 1. The van der Waals surface area contributed by atoms with Crippen molar-refractivity contribution in [1.82, 2.24) is 10.3 Å². The molecule has 0 aromatic carbocycles. The summed E-state index contributed by atoms with van der Waals surface area (Å²) in [7, 11) is 0. The van der Waals surface area contributed by atoms with Crippen LogP contribution in [0.5, 0.6) is 0 Å². The van der Waals surface area contributed by atoms with E-state index in [1.165, 1.54) is 11.3 Å². The molecule has 0 aliphatic carbocycles. The Morgan fingerprint density at radius 2 is 2.38 bits per heavy atom. The fraction of sp³-hybridized carbons (Fsp3) is 0.600. The first-order chi connectivity index (χ1) is 7.54. The van der Waals surface area contributed by atoms with Crippen molar-refractivity contribution < 1.29 is 9.90 Å². The average molecular weight is 243 g/mol. The third-order valence-electron chi connectivity index (χ3n) is 2.25. The highest BCUT2D eigenvalue weighted by Gasteiger charge is 2.13. The average Bonchev–Trinajstić information content (AvgIpc) is 2.57. The summed E-state index contributed by atoms with van der Waals surface area (Å²) in [6.45, 7) is 4.12. The summed E-state index contributed by atoms with van der Waals surface area (Å²) in [5, 5.41) is 12.5. The monoisotopic (exact) mass is 243 g/mol. The van der Waals surface area contributed by atoms with Gasteiger partial charge in [-0.1, -0.05) is 18.3 Å². The molecule has 1 unspecified atom stereocenters. The van der Waals surface area contributed by atoms with E-state index in [1.54, 1.807) is 6.92 Å². The standard InChI is InChI=1S/C10H17N3O2S/c1-3-7(14)4-5-12-9(15)8-6(2)13-10(11)16-8/h7,14H,3-5H2,1-2H3,(H2,11,13)(H,12,15). The molecule has 0 bridgehead atoms. The molecule has 1 heterocycles. The van der Waals surface area contributed by atoms with Crippen molar-refractivity contribution in [2.45, 2.75) is 32.8 Å². The van der Waals surface area contributed by atoms with Gasteiger partial charge in [-0.2, -0.15) is 0 Å². The van der Waals surface area contributed by atoms with Crippen LogP contribution in [0.2, 0.25) is 0 Å². The Morgan fingerprint density at radius 3 is 2.88 bits per heavy atom. The maximum atomic E-state index is 11.7. The summed E-state index contributed by atoms with van der Waals surface area (Å²) in [5.74, 6) is -0.171. The molecule has 0 fully saturated rings. The zero-order valence-corrected chi connectivity index (χ0v) is 10.3. The number of nitrogen functional groups attached to an aromatic ring is 1. The molecule has 16 heavy (non-hydrogen) atoms. The number of carbonyl (C=O) groups is 1. The molecule has 1 aromatic heterocycles. The Kier molecular flexibility index (Phi) is 4.70. The van der Waals surface area contributed by atoms with Gasteiger partial charge in [-0.3, -0.25) is 4.79 Å². The molecular weight excluding hydrogens is 226 g/mol. The first kappa shape index (κ1) is 12.9. The second kappa shape index (κ2) is 5.81. The zero-order valence-electron chi connectivity index (χ0n) is 9.49. The van der Waals surface area contributed by atoms with Crippen LogP contribution in [-0.2, 0) is 0 Å². The van der Waals surface area contributed by atoms with Crippen LogP contribution < -0.4 is 11.1 Å². The van der Waals surface area contributed by atoms with Gasteiger partial charge in [0.25, 0.3) is 5.91 Å². The van der Waals surface area contributed by atoms with Crippen molar-refractivity contribution in [3.05, 3.63) is 10.6 Å². The highest BCUT2D eigenvalue weighted by atomic mass is 32.1. The number of hydrogen-bond donors (Lipinski definition) is 3. The fourth-order valence-electron chi connectivity index (χ4n) is 1.26. The van der Waals surface area contributed by atoms with Gasteiger partial charge in [0.1, 0.15) is 4.88 Å². The first-order valence-electron chi connectivity index (χ1n) is 5.23. The van der Waals surface area contributed by atoms with Crippen molar-refractivity contribution in [2.24, 2.45) is 0 Å². The van der Waals surface area contributed by atoms with E-state index < -0.39 is 0 Å². The SMILES string of the molecule is CCC(O)CCNC(=O)c1sc(N)nc1C. The van der Waals surface area contributed by atoms with Crippen molar-refractivity contribution in [3.8, 4) is 0 Å². The molecule has 0 spiro atoms. The van der Waals surface area contributed by atoms with Crippen LogP contribution in [0.1, 0.15) is 35.1 Å². The maximum absolute atomic E-state index is 11.7. The van der Waals surface area contributed by atoms with E-state index in [2.05, 4.69) is 10.3 Å². The van der Waals surface area contributed by atoms with Crippen molar-refractivity contribution in [1.29, 1.82) is 0 Å². The van der Waals surface area contributed by atoms with Gasteiger partial charge < -0.3 is 16.2 Å². The third kappa shape index (κ3) is 3.46. The Hall–Kier alpha value is -1.14.